The highest BCUT2D eigenvalue weighted by molar-refractivity contribution is 5.97. The summed E-state index contributed by atoms with van der Waals surface area (Å²) in [7, 11) is 0. The highest BCUT2D eigenvalue weighted by Crippen LogP contribution is 2.33. The molecule has 0 bridgehead atoms. The van der Waals surface area contributed by atoms with Crippen LogP contribution in [0.2, 0.25) is 0 Å². The van der Waals surface area contributed by atoms with Crippen molar-refractivity contribution >= 4 is 11.8 Å². The first-order valence-corrected chi connectivity index (χ1v) is 13.0. The summed E-state index contributed by atoms with van der Waals surface area (Å²) >= 11 is 0. The monoisotopic (exact) mass is 475 g/mol. The molecule has 3 heterocycles. The van der Waals surface area contributed by atoms with E-state index in [-0.39, 0.29) is 24.0 Å². The summed E-state index contributed by atoms with van der Waals surface area (Å²) in [5.74, 6) is 1.25. The van der Waals surface area contributed by atoms with E-state index in [9.17, 15) is 9.59 Å². The second-order valence-corrected chi connectivity index (χ2v) is 10.5. The van der Waals surface area contributed by atoms with Gasteiger partial charge in [0.15, 0.2) is 0 Å². The molecule has 3 unspecified atom stereocenters. The molecule has 35 heavy (non-hydrogen) atoms. The summed E-state index contributed by atoms with van der Waals surface area (Å²) in [6.45, 7) is 9.37. The van der Waals surface area contributed by atoms with Crippen LogP contribution in [0.25, 0.3) is 0 Å². The van der Waals surface area contributed by atoms with Crippen LogP contribution in [-0.2, 0) is 9.53 Å². The lowest BCUT2D eigenvalue weighted by Gasteiger charge is -2.26. The van der Waals surface area contributed by atoms with Crippen molar-refractivity contribution in [2.24, 2.45) is 11.8 Å². The Balaban J connectivity index is 1.17. The van der Waals surface area contributed by atoms with Gasteiger partial charge in [-0.2, -0.15) is 0 Å². The molecule has 4 atom stereocenters. The number of nitrogens with one attached hydrogen (secondary N) is 1. The van der Waals surface area contributed by atoms with Crippen molar-refractivity contribution in [3.63, 3.8) is 0 Å². The zero-order valence-corrected chi connectivity index (χ0v) is 20.9. The molecule has 3 fully saturated rings. The number of ether oxygens (including phenoxy) is 1. The fourth-order valence-corrected chi connectivity index (χ4v) is 6.12. The minimum Gasteiger partial charge on any atom is -0.368 e. The number of likely N-dealkylation sites (tertiary alicyclic amines) is 2. The van der Waals surface area contributed by atoms with Crippen LogP contribution in [0.5, 0.6) is 0 Å². The molecule has 2 aromatic rings. The second-order valence-electron chi connectivity index (χ2n) is 10.5. The van der Waals surface area contributed by atoms with E-state index in [1.807, 2.05) is 50.2 Å². The van der Waals surface area contributed by atoms with E-state index in [4.69, 9.17) is 4.74 Å². The summed E-state index contributed by atoms with van der Waals surface area (Å²) < 4.78 is 5.60. The molecule has 2 amide bonds. The molecule has 1 N–H and O–H groups in total. The van der Waals surface area contributed by atoms with Gasteiger partial charge in [-0.3, -0.25) is 9.59 Å². The molecule has 0 spiro atoms. The molecular formula is C29H37N3O3. The first-order valence-electron chi connectivity index (χ1n) is 13.0. The van der Waals surface area contributed by atoms with E-state index < -0.39 is 0 Å². The topological polar surface area (TPSA) is 61.9 Å². The molecule has 0 aromatic heterocycles. The summed E-state index contributed by atoms with van der Waals surface area (Å²) in [6.07, 6.45) is 2.31. The van der Waals surface area contributed by atoms with Crippen LogP contribution in [0.1, 0.15) is 52.4 Å². The Morgan fingerprint density at radius 2 is 1.66 bits per heavy atom. The number of aryl methyl sites for hydroxylation is 2. The van der Waals surface area contributed by atoms with Gasteiger partial charge < -0.3 is 19.9 Å². The highest BCUT2D eigenvalue weighted by Gasteiger charge is 2.42. The average Bonchev–Trinajstić information content (AvgIpc) is 3.59. The Morgan fingerprint density at radius 3 is 2.29 bits per heavy atom. The van der Waals surface area contributed by atoms with Gasteiger partial charge in [-0.25, -0.2) is 0 Å². The van der Waals surface area contributed by atoms with Gasteiger partial charge in [0.1, 0.15) is 6.10 Å². The number of carbonyl (C=O) groups excluding carboxylic acids is 2. The lowest BCUT2D eigenvalue weighted by Crippen LogP contribution is -2.39. The van der Waals surface area contributed by atoms with Gasteiger partial charge in [0.05, 0.1) is 6.04 Å². The average molecular weight is 476 g/mol. The van der Waals surface area contributed by atoms with Crippen molar-refractivity contribution in [3.8, 4) is 0 Å². The van der Waals surface area contributed by atoms with Crippen molar-refractivity contribution in [1.82, 2.24) is 15.1 Å². The molecule has 0 radical (unpaired) electrons. The molecule has 186 valence electrons. The largest absolute Gasteiger partial charge is 0.368 e. The van der Waals surface area contributed by atoms with Gasteiger partial charge >= 0.3 is 0 Å². The van der Waals surface area contributed by atoms with Crippen LogP contribution < -0.4 is 5.32 Å². The van der Waals surface area contributed by atoms with E-state index in [2.05, 4.69) is 27.2 Å². The number of rotatable bonds is 7. The number of hydrogen-bond donors (Lipinski definition) is 1. The quantitative estimate of drug-likeness (QED) is 0.663. The van der Waals surface area contributed by atoms with Gasteiger partial charge in [0.2, 0.25) is 5.91 Å². The van der Waals surface area contributed by atoms with Crippen molar-refractivity contribution < 1.29 is 14.3 Å². The van der Waals surface area contributed by atoms with Crippen LogP contribution in [0, 0.1) is 25.7 Å². The van der Waals surface area contributed by atoms with Crippen molar-refractivity contribution in [1.29, 1.82) is 0 Å². The summed E-state index contributed by atoms with van der Waals surface area (Å²) in [6, 6.07) is 16.3. The molecule has 0 aliphatic carbocycles. The van der Waals surface area contributed by atoms with Crippen LogP contribution in [-0.4, -0.2) is 67.0 Å². The Bertz CT molecular complexity index is 1020. The Hall–Kier alpha value is -2.70. The molecule has 5 rings (SSSR count). The first kappa shape index (κ1) is 24.0. The number of hydrogen-bond acceptors (Lipinski definition) is 4. The third-order valence-corrected chi connectivity index (χ3v) is 8.02. The van der Waals surface area contributed by atoms with E-state index in [1.54, 1.807) is 0 Å². The zero-order valence-electron chi connectivity index (χ0n) is 20.9. The van der Waals surface area contributed by atoms with Crippen LogP contribution >= 0.6 is 0 Å². The fourth-order valence-electron chi connectivity index (χ4n) is 6.12. The number of carbonyl (C=O) groups is 2. The lowest BCUT2D eigenvalue weighted by atomic mass is 10.0. The third-order valence-electron chi connectivity index (χ3n) is 8.02. The standard InChI is InChI=1S/C29H37N3O3/c1-20-8-6-9-21(2)27(20)29(34)32-18-23-16-31(17-24(23)19-32)14-13-25(22-10-4-3-5-11-22)30-28(33)26-12-7-15-35-26/h3-6,8-11,23-26H,7,12-19H2,1-2H3,(H,30,33)/t23-,24?,25?,26?/m0/s1. The summed E-state index contributed by atoms with van der Waals surface area (Å²) in [5, 5.41) is 3.26. The highest BCUT2D eigenvalue weighted by atomic mass is 16.5. The van der Waals surface area contributed by atoms with Gasteiger partial charge in [-0.15, -0.1) is 0 Å². The van der Waals surface area contributed by atoms with Crippen LogP contribution in [0.3, 0.4) is 0 Å². The van der Waals surface area contributed by atoms with Gasteiger partial charge in [-0.1, -0.05) is 48.5 Å². The van der Waals surface area contributed by atoms with Crippen molar-refractivity contribution in [2.75, 3.05) is 39.3 Å². The summed E-state index contributed by atoms with van der Waals surface area (Å²) in [4.78, 5) is 30.6. The van der Waals surface area contributed by atoms with E-state index in [0.29, 0.717) is 18.4 Å². The molecule has 6 nitrogen and oxygen atoms in total. The molecule has 3 saturated heterocycles. The number of amides is 2. The Morgan fingerprint density at radius 1 is 0.971 bits per heavy atom. The predicted molar refractivity (Wildman–Crippen MR) is 136 cm³/mol. The van der Waals surface area contributed by atoms with E-state index in [0.717, 1.165) is 74.2 Å². The van der Waals surface area contributed by atoms with Gasteiger partial charge in [-0.05, 0) is 61.6 Å². The molecule has 6 heteroatoms. The molecule has 2 aromatic carbocycles. The third kappa shape index (κ3) is 5.29. The maximum absolute atomic E-state index is 13.2. The molecular weight excluding hydrogens is 438 g/mol. The number of nitrogens with zero attached hydrogens (tertiary/aromatic N) is 2. The Kier molecular flexibility index (Phi) is 7.21. The minimum absolute atomic E-state index is 0.00953. The van der Waals surface area contributed by atoms with Gasteiger partial charge in [0, 0.05) is 44.9 Å². The van der Waals surface area contributed by atoms with E-state index in [1.165, 1.54) is 0 Å². The first-order chi connectivity index (χ1) is 17.0. The van der Waals surface area contributed by atoms with Crippen LogP contribution in [0.4, 0.5) is 0 Å². The smallest absolute Gasteiger partial charge is 0.254 e. The fraction of sp³-hybridized carbons (Fsp3) is 0.517. The van der Waals surface area contributed by atoms with Crippen LogP contribution in [0.15, 0.2) is 48.5 Å². The zero-order chi connectivity index (χ0) is 24.4. The van der Waals surface area contributed by atoms with Crippen molar-refractivity contribution in [2.45, 2.75) is 45.3 Å². The normalized spacial score (nSPS) is 25.0. The number of benzene rings is 2. The maximum Gasteiger partial charge on any atom is 0.254 e. The van der Waals surface area contributed by atoms with Gasteiger partial charge in [0.25, 0.3) is 5.91 Å². The van der Waals surface area contributed by atoms with E-state index >= 15 is 0 Å². The summed E-state index contributed by atoms with van der Waals surface area (Å²) in [5.41, 5.74) is 4.14. The molecule has 3 aliphatic rings. The lowest BCUT2D eigenvalue weighted by molar-refractivity contribution is -0.130. The molecule has 0 saturated carbocycles. The Labute approximate surface area is 208 Å². The SMILES string of the molecule is Cc1cccc(C)c1C(=O)N1CC2CN(CCC(NC(=O)C3CCCO3)c3ccccc3)C[C@H]2C1. The minimum atomic E-state index is -0.312. The predicted octanol–water partition coefficient (Wildman–Crippen LogP) is 3.73. The van der Waals surface area contributed by atoms with Crippen molar-refractivity contribution in [3.05, 3.63) is 70.8 Å². The number of fused-ring (bicyclic) bond motifs is 1. The molecule has 3 aliphatic heterocycles. The maximum atomic E-state index is 13.2. The second kappa shape index (κ2) is 10.5.